The lowest BCUT2D eigenvalue weighted by Crippen LogP contribution is -2.58. The molecule has 1 heterocycles. The van der Waals surface area contributed by atoms with Crippen LogP contribution in [0, 0.1) is 5.92 Å². The Kier molecular flexibility index (Phi) is 6.22. The van der Waals surface area contributed by atoms with Gasteiger partial charge in [-0.25, -0.2) is 9.59 Å². The molecular weight excluding hydrogens is 264 g/mol. The van der Waals surface area contributed by atoms with E-state index in [1.807, 2.05) is 13.8 Å². The number of hydrogen-bond donors (Lipinski definition) is 3. The van der Waals surface area contributed by atoms with Gasteiger partial charge < -0.3 is 25.2 Å². The molecule has 0 aromatic carbocycles. The molecule has 0 aromatic heterocycles. The Bertz CT molecular complexity index is 350. The molecule has 1 aliphatic rings. The number of aliphatic carboxylic acids is 1. The number of rotatable bonds is 5. The lowest BCUT2D eigenvalue weighted by molar-refractivity contribution is -0.140. The van der Waals surface area contributed by atoms with E-state index >= 15 is 0 Å². The molecule has 3 N–H and O–H groups in total. The first-order valence-electron chi connectivity index (χ1n) is 6.93. The first-order chi connectivity index (χ1) is 9.40. The quantitative estimate of drug-likeness (QED) is 0.674. The van der Waals surface area contributed by atoms with Gasteiger partial charge in [0.15, 0.2) is 0 Å². The van der Waals surface area contributed by atoms with Crippen LogP contribution >= 0.6 is 0 Å². The van der Waals surface area contributed by atoms with Crippen LogP contribution in [0.1, 0.15) is 27.2 Å². The third kappa shape index (κ3) is 4.08. The van der Waals surface area contributed by atoms with E-state index in [0.717, 1.165) is 0 Å². The highest BCUT2D eigenvalue weighted by Crippen LogP contribution is 2.14. The summed E-state index contributed by atoms with van der Waals surface area (Å²) in [5, 5.41) is 20.8. The number of hydrogen-bond acceptors (Lipinski definition) is 4. The van der Waals surface area contributed by atoms with Gasteiger partial charge in [0.25, 0.3) is 0 Å². The van der Waals surface area contributed by atoms with Crippen LogP contribution in [-0.2, 0) is 9.53 Å². The molecular formula is C13H24N2O5. The van der Waals surface area contributed by atoms with Gasteiger partial charge in [0, 0.05) is 0 Å². The average molecular weight is 288 g/mol. The number of carboxylic acid groups (broad SMARTS) is 1. The second-order valence-electron chi connectivity index (χ2n) is 5.29. The van der Waals surface area contributed by atoms with Crippen LogP contribution in [0.5, 0.6) is 0 Å². The predicted octanol–water partition coefficient (Wildman–Crippen LogP) is 0.277. The molecule has 0 spiro atoms. The highest BCUT2D eigenvalue weighted by molar-refractivity contribution is 5.83. The van der Waals surface area contributed by atoms with Gasteiger partial charge in [-0.3, -0.25) is 0 Å². The van der Waals surface area contributed by atoms with Crippen molar-refractivity contribution in [2.75, 3.05) is 19.8 Å². The van der Waals surface area contributed by atoms with Crippen molar-refractivity contribution >= 4 is 12.0 Å². The van der Waals surface area contributed by atoms with Crippen molar-refractivity contribution in [3.8, 4) is 0 Å². The molecule has 2 unspecified atom stereocenters. The molecule has 0 aromatic rings. The van der Waals surface area contributed by atoms with Gasteiger partial charge in [-0.1, -0.05) is 20.3 Å². The topological polar surface area (TPSA) is 99.1 Å². The van der Waals surface area contributed by atoms with Crippen molar-refractivity contribution in [2.45, 2.75) is 45.4 Å². The fourth-order valence-corrected chi connectivity index (χ4v) is 2.11. The zero-order valence-corrected chi connectivity index (χ0v) is 12.2. The van der Waals surface area contributed by atoms with Crippen LogP contribution in [0.25, 0.3) is 0 Å². The Balaban J connectivity index is 2.69. The number of carboxylic acids is 1. The van der Waals surface area contributed by atoms with Gasteiger partial charge in [-0.15, -0.1) is 0 Å². The van der Waals surface area contributed by atoms with Crippen molar-refractivity contribution in [2.24, 2.45) is 5.92 Å². The maximum Gasteiger partial charge on any atom is 0.326 e. The first-order valence-corrected chi connectivity index (χ1v) is 6.93. The van der Waals surface area contributed by atoms with Crippen LogP contribution < -0.4 is 5.32 Å². The summed E-state index contributed by atoms with van der Waals surface area (Å²) in [6.45, 7) is 5.93. The summed E-state index contributed by atoms with van der Waals surface area (Å²) in [5.74, 6) is -1.19. The molecule has 1 rings (SSSR count). The summed E-state index contributed by atoms with van der Waals surface area (Å²) in [7, 11) is 0. The Morgan fingerprint density at radius 3 is 2.65 bits per heavy atom. The first kappa shape index (κ1) is 16.7. The number of aliphatic hydroxyl groups excluding tert-OH is 1. The van der Waals surface area contributed by atoms with Gasteiger partial charge in [0.1, 0.15) is 6.04 Å². The van der Waals surface area contributed by atoms with Gasteiger partial charge in [-0.05, 0) is 12.8 Å². The van der Waals surface area contributed by atoms with E-state index in [1.54, 1.807) is 6.92 Å². The van der Waals surface area contributed by atoms with Crippen LogP contribution in [0.3, 0.4) is 0 Å². The highest BCUT2D eigenvalue weighted by atomic mass is 16.5. The molecule has 0 radical (unpaired) electrons. The normalized spacial score (nSPS) is 25.9. The van der Waals surface area contributed by atoms with E-state index in [0.29, 0.717) is 13.0 Å². The number of ether oxygens (including phenoxy) is 1. The Labute approximate surface area is 118 Å². The lowest BCUT2D eigenvalue weighted by atomic mass is 9.99. The summed E-state index contributed by atoms with van der Waals surface area (Å²) >= 11 is 0. The minimum absolute atomic E-state index is 0.149. The van der Waals surface area contributed by atoms with Crippen LogP contribution in [0.15, 0.2) is 0 Å². The molecule has 0 aliphatic carbocycles. The zero-order chi connectivity index (χ0) is 15.3. The Morgan fingerprint density at radius 1 is 1.50 bits per heavy atom. The number of nitrogens with zero attached hydrogens (tertiary/aromatic N) is 1. The van der Waals surface area contributed by atoms with Gasteiger partial charge in [0.2, 0.25) is 0 Å². The zero-order valence-electron chi connectivity index (χ0n) is 12.2. The molecule has 7 nitrogen and oxygen atoms in total. The van der Waals surface area contributed by atoms with Gasteiger partial charge >= 0.3 is 12.0 Å². The molecule has 4 atom stereocenters. The van der Waals surface area contributed by atoms with E-state index in [-0.39, 0.29) is 25.1 Å². The number of aliphatic hydroxyl groups is 1. The lowest BCUT2D eigenvalue weighted by Gasteiger charge is -2.38. The second kappa shape index (κ2) is 7.44. The average Bonchev–Trinajstić information content (AvgIpc) is 2.43. The maximum atomic E-state index is 12.2. The molecule has 116 valence electrons. The van der Waals surface area contributed by atoms with Crippen molar-refractivity contribution in [3.05, 3.63) is 0 Å². The molecule has 0 bridgehead atoms. The summed E-state index contributed by atoms with van der Waals surface area (Å²) in [5.41, 5.74) is 0. The number of nitrogens with one attached hydrogen (secondary N) is 1. The molecule has 20 heavy (non-hydrogen) atoms. The van der Waals surface area contributed by atoms with E-state index in [2.05, 4.69) is 5.32 Å². The predicted molar refractivity (Wildman–Crippen MR) is 72.4 cm³/mol. The molecule has 1 fully saturated rings. The molecule has 0 saturated carbocycles. The fraction of sp³-hybridized carbons (Fsp3) is 0.846. The second-order valence-corrected chi connectivity index (χ2v) is 5.29. The van der Waals surface area contributed by atoms with E-state index in [1.165, 1.54) is 4.90 Å². The summed E-state index contributed by atoms with van der Waals surface area (Å²) in [6, 6.07) is -1.48. The minimum atomic E-state index is -1.03. The van der Waals surface area contributed by atoms with Crippen LogP contribution in [-0.4, -0.2) is 65.1 Å². The van der Waals surface area contributed by atoms with Crippen LogP contribution in [0.4, 0.5) is 4.79 Å². The fourth-order valence-electron chi connectivity index (χ4n) is 2.11. The third-order valence-electron chi connectivity index (χ3n) is 3.73. The van der Waals surface area contributed by atoms with Crippen molar-refractivity contribution in [1.82, 2.24) is 10.2 Å². The summed E-state index contributed by atoms with van der Waals surface area (Å²) in [4.78, 5) is 25.0. The standard InChI is InChI=1S/C13H24N2O5/c1-4-8(2)11(12(17)18)14-13(19)15-5-10(6-16)20-7-9(15)3/h8-11,16H,4-7H2,1-3H3,(H,14,19)(H,17,18)/t8-,9?,10?,11-/m0/s1. The largest absolute Gasteiger partial charge is 0.480 e. The Morgan fingerprint density at radius 2 is 2.15 bits per heavy atom. The van der Waals surface area contributed by atoms with Gasteiger partial charge in [0.05, 0.1) is 31.9 Å². The Hall–Kier alpha value is -1.34. The van der Waals surface area contributed by atoms with Crippen LogP contribution in [0.2, 0.25) is 0 Å². The number of carbonyl (C=O) groups excluding carboxylic acids is 1. The monoisotopic (exact) mass is 288 g/mol. The highest BCUT2D eigenvalue weighted by Gasteiger charge is 2.33. The number of urea groups is 1. The number of morpholine rings is 1. The SMILES string of the molecule is CC[C@H](C)[C@H](NC(=O)N1CC(CO)OCC1C)C(=O)O. The van der Waals surface area contributed by atoms with E-state index in [4.69, 9.17) is 9.84 Å². The van der Waals surface area contributed by atoms with Gasteiger partial charge in [-0.2, -0.15) is 0 Å². The molecule has 1 aliphatic heterocycles. The summed E-state index contributed by atoms with van der Waals surface area (Å²) < 4.78 is 5.35. The maximum absolute atomic E-state index is 12.2. The van der Waals surface area contributed by atoms with Crippen molar-refractivity contribution in [1.29, 1.82) is 0 Å². The molecule has 7 heteroatoms. The number of carbonyl (C=O) groups is 2. The van der Waals surface area contributed by atoms with E-state index < -0.39 is 24.1 Å². The van der Waals surface area contributed by atoms with E-state index in [9.17, 15) is 14.7 Å². The van der Waals surface area contributed by atoms with Crippen molar-refractivity contribution in [3.63, 3.8) is 0 Å². The molecule has 1 saturated heterocycles. The third-order valence-corrected chi connectivity index (χ3v) is 3.73. The summed E-state index contributed by atoms with van der Waals surface area (Å²) in [6.07, 6.45) is 0.249. The smallest absolute Gasteiger partial charge is 0.326 e. The van der Waals surface area contributed by atoms with Crippen molar-refractivity contribution < 1.29 is 24.5 Å². The molecule has 2 amide bonds. The minimum Gasteiger partial charge on any atom is -0.480 e. The number of amides is 2.